The molecule has 13 heavy (non-hydrogen) atoms. The maximum atomic E-state index is 12.2. The highest BCUT2D eigenvalue weighted by Gasteiger charge is 2.65. The van der Waals surface area contributed by atoms with Gasteiger partial charge < -0.3 is 5.11 Å². The molecule has 0 aromatic rings. The van der Waals surface area contributed by atoms with E-state index in [-0.39, 0.29) is 0 Å². The van der Waals surface area contributed by atoms with Crippen molar-refractivity contribution in [3.63, 3.8) is 0 Å². The van der Waals surface area contributed by atoms with E-state index in [9.17, 15) is 13.2 Å². The molecular formula is C7H10F3NO2. The van der Waals surface area contributed by atoms with Crippen LogP contribution in [-0.2, 0) is 4.84 Å². The van der Waals surface area contributed by atoms with Gasteiger partial charge in [0.2, 0.25) is 0 Å². The Bertz CT molecular complexity index is 226. The first-order valence-electron chi connectivity index (χ1n) is 4.11. The first kappa shape index (κ1) is 9.23. The maximum absolute atomic E-state index is 12.2. The smallest absolute Gasteiger partial charge is 0.357 e. The zero-order valence-electron chi connectivity index (χ0n) is 6.82. The van der Waals surface area contributed by atoms with Gasteiger partial charge in [0.1, 0.15) is 0 Å². The third-order valence-corrected chi connectivity index (χ3v) is 2.77. The van der Waals surface area contributed by atoms with Crippen molar-refractivity contribution in [1.29, 1.82) is 0 Å². The fourth-order valence-corrected chi connectivity index (χ4v) is 1.76. The van der Waals surface area contributed by atoms with E-state index in [1.807, 2.05) is 0 Å². The summed E-state index contributed by atoms with van der Waals surface area (Å²) in [6, 6.07) is 0. The van der Waals surface area contributed by atoms with E-state index in [0.717, 1.165) is 6.42 Å². The molecule has 1 spiro atoms. The second-order valence-electron chi connectivity index (χ2n) is 3.80. The summed E-state index contributed by atoms with van der Waals surface area (Å²) in [7, 11) is 0. The molecule has 0 aromatic carbocycles. The zero-order chi connectivity index (χ0) is 9.74. The quantitative estimate of drug-likeness (QED) is 0.610. The number of hydroxylamine groups is 1. The van der Waals surface area contributed by atoms with Crippen molar-refractivity contribution in [2.45, 2.75) is 43.2 Å². The van der Waals surface area contributed by atoms with Crippen molar-refractivity contribution in [3.05, 3.63) is 0 Å². The van der Waals surface area contributed by atoms with Gasteiger partial charge in [-0.05, 0) is 19.3 Å². The van der Waals surface area contributed by atoms with Gasteiger partial charge in [0.05, 0.1) is 0 Å². The highest BCUT2D eigenvalue weighted by atomic mass is 19.4. The summed E-state index contributed by atoms with van der Waals surface area (Å²) in [5.74, 6) is -2.99. The lowest BCUT2D eigenvalue weighted by atomic mass is 9.74. The molecule has 1 aliphatic carbocycles. The first-order chi connectivity index (χ1) is 5.87. The minimum Gasteiger partial charge on any atom is -0.357 e. The SMILES string of the molecule is O[C@]1(C(F)(F)F)CC2(CCC2)NO1. The van der Waals surface area contributed by atoms with Crippen LogP contribution < -0.4 is 5.48 Å². The van der Waals surface area contributed by atoms with Crippen LogP contribution in [0.1, 0.15) is 25.7 Å². The average molecular weight is 197 g/mol. The normalized spacial score (nSPS) is 37.8. The predicted molar refractivity (Wildman–Crippen MR) is 36.4 cm³/mol. The van der Waals surface area contributed by atoms with Gasteiger partial charge in [-0.2, -0.15) is 18.7 Å². The molecule has 1 aliphatic heterocycles. The van der Waals surface area contributed by atoms with Gasteiger partial charge in [-0.25, -0.2) is 0 Å². The summed E-state index contributed by atoms with van der Waals surface area (Å²) >= 11 is 0. The lowest BCUT2D eigenvalue weighted by Gasteiger charge is -2.36. The molecule has 0 bridgehead atoms. The number of aliphatic hydroxyl groups is 1. The average Bonchev–Trinajstić information content (AvgIpc) is 2.26. The van der Waals surface area contributed by atoms with E-state index in [4.69, 9.17) is 5.11 Å². The van der Waals surface area contributed by atoms with E-state index in [1.54, 1.807) is 0 Å². The van der Waals surface area contributed by atoms with Gasteiger partial charge >= 0.3 is 6.18 Å². The Kier molecular flexibility index (Phi) is 1.68. The predicted octanol–water partition coefficient (Wildman–Crippen LogP) is 1.08. The number of rotatable bonds is 0. The molecule has 1 saturated carbocycles. The van der Waals surface area contributed by atoms with Crippen LogP contribution in [0.3, 0.4) is 0 Å². The Balaban J connectivity index is 2.12. The summed E-state index contributed by atoms with van der Waals surface area (Å²) < 4.78 is 36.7. The Morgan fingerprint density at radius 1 is 1.31 bits per heavy atom. The van der Waals surface area contributed by atoms with Crippen LogP contribution in [0.5, 0.6) is 0 Å². The fourth-order valence-electron chi connectivity index (χ4n) is 1.76. The lowest BCUT2D eigenvalue weighted by Crippen LogP contribution is -2.47. The molecule has 0 amide bonds. The van der Waals surface area contributed by atoms with E-state index in [0.29, 0.717) is 12.8 Å². The molecule has 76 valence electrons. The van der Waals surface area contributed by atoms with Gasteiger partial charge in [0.15, 0.2) is 0 Å². The third-order valence-electron chi connectivity index (χ3n) is 2.77. The van der Waals surface area contributed by atoms with Crippen molar-refractivity contribution < 1.29 is 23.1 Å². The van der Waals surface area contributed by atoms with E-state index < -0.39 is 23.9 Å². The second kappa shape index (κ2) is 2.37. The summed E-state index contributed by atoms with van der Waals surface area (Å²) in [4.78, 5) is 4.24. The summed E-state index contributed by atoms with van der Waals surface area (Å²) in [5.41, 5.74) is 1.66. The molecule has 1 heterocycles. The number of nitrogens with one attached hydrogen (secondary N) is 1. The summed E-state index contributed by atoms with van der Waals surface area (Å²) in [5, 5.41) is 9.12. The molecule has 0 aromatic heterocycles. The minimum atomic E-state index is -4.72. The molecule has 0 unspecified atom stereocenters. The number of halogens is 3. The highest BCUT2D eigenvalue weighted by molar-refractivity contribution is 5.03. The number of hydrogen-bond acceptors (Lipinski definition) is 3. The van der Waals surface area contributed by atoms with Crippen LogP contribution in [-0.4, -0.2) is 22.6 Å². The van der Waals surface area contributed by atoms with E-state index in [1.165, 1.54) is 0 Å². The molecule has 0 radical (unpaired) electrons. The van der Waals surface area contributed by atoms with Gasteiger partial charge in [-0.1, -0.05) is 0 Å². The zero-order valence-corrected chi connectivity index (χ0v) is 6.82. The molecule has 2 fully saturated rings. The second-order valence-corrected chi connectivity index (χ2v) is 3.80. The van der Waals surface area contributed by atoms with Crippen molar-refractivity contribution in [2.75, 3.05) is 0 Å². The first-order valence-corrected chi connectivity index (χ1v) is 4.11. The summed E-state index contributed by atoms with van der Waals surface area (Å²) in [6.45, 7) is 0. The fraction of sp³-hybridized carbons (Fsp3) is 1.00. The van der Waals surface area contributed by atoms with Crippen LogP contribution in [0.4, 0.5) is 13.2 Å². The van der Waals surface area contributed by atoms with Gasteiger partial charge in [0.25, 0.3) is 5.79 Å². The van der Waals surface area contributed by atoms with E-state index in [2.05, 4.69) is 10.3 Å². The Labute approximate surface area is 72.8 Å². The largest absolute Gasteiger partial charge is 0.444 e. The minimum absolute atomic E-state index is 0.399. The Morgan fingerprint density at radius 3 is 2.15 bits per heavy atom. The molecule has 3 nitrogen and oxygen atoms in total. The van der Waals surface area contributed by atoms with Crippen molar-refractivity contribution in [3.8, 4) is 0 Å². The Hall–Kier alpha value is -0.330. The van der Waals surface area contributed by atoms with Crippen molar-refractivity contribution in [2.24, 2.45) is 0 Å². The number of hydrogen-bond donors (Lipinski definition) is 2. The number of alkyl halides is 3. The van der Waals surface area contributed by atoms with E-state index >= 15 is 0 Å². The lowest BCUT2D eigenvalue weighted by molar-refractivity contribution is -0.361. The van der Waals surface area contributed by atoms with Crippen LogP contribution >= 0.6 is 0 Å². The molecule has 1 atom stereocenters. The molecule has 2 rings (SSSR count). The highest BCUT2D eigenvalue weighted by Crippen LogP contribution is 2.48. The molecule has 2 aliphatic rings. The molecule has 2 N–H and O–H groups in total. The molecule has 1 saturated heterocycles. The maximum Gasteiger partial charge on any atom is 0.444 e. The van der Waals surface area contributed by atoms with Gasteiger partial charge in [0, 0.05) is 12.0 Å². The molecule has 6 heteroatoms. The van der Waals surface area contributed by atoms with Gasteiger partial charge in [-0.15, -0.1) is 0 Å². The summed E-state index contributed by atoms with van der Waals surface area (Å²) in [6.07, 6.45) is -2.98. The Morgan fingerprint density at radius 2 is 1.92 bits per heavy atom. The van der Waals surface area contributed by atoms with Crippen LogP contribution in [0.25, 0.3) is 0 Å². The third kappa shape index (κ3) is 1.24. The van der Waals surface area contributed by atoms with Crippen LogP contribution in [0.15, 0.2) is 0 Å². The van der Waals surface area contributed by atoms with Crippen LogP contribution in [0, 0.1) is 0 Å². The topological polar surface area (TPSA) is 41.5 Å². The van der Waals surface area contributed by atoms with Gasteiger partial charge in [-0.3, -0.25) is 4.84 Å². The van der Waals surface area contributed by atoms with Crippen LogP contribution in [0.2, 0.25) is 0 Å². The standard InChI is InChI=1S/C7H10F3NO2/c8-7(9,10)6(12)4-5(11-13-6)2-1-3-5/h11-12H,1-4H2/t6-/m1/s1. The van der Waals surface area contributed by atoms with Crippen molar-refractivity contribution >= 4 is 0 Å². The van der Waals surface area contributed by atoms with Crippen molar-refractivity contribution in [1.82, 2.24) is 5.48 Å². The molecular weight excluding hydrogens is 187 g/mol. The monoisotopic (exact) mass is 197 g/mol.